The minimum Gasteiger partial charge on any atom is -0.406 e. The van der Waals surface area contributed by atoms with Gasteiger partial charge >= 0.3 is 6.36 Å². The van der Waals surface area contributed by atoms with Crippen LogP contribution in [0.2, 0.25) is 0 Å². The van der Waals surface area contributed by atoms with Crippen molar-refractivity contribution in [1.29, 1.82) is 0 Å². The first-order valence-electron chi connectivity index (χ1n) is 13.6. The summed E-state index contributed by atoms with van der Waals surface area (Å²) in [5.74, 6) is 1.47. The van der Waals surface area contributed by atoms with Crippen molar-refractivity contribution in [3.05, 3.63) is 53.6 Å². The molecule has 0 aromatic heterocycles. The van der Waals surface area contributed by atoms with Crippen molar-refractivity contribution in [1.82, 2.24) is 0 Å². The molecule has 0 saturated heterocycles. The molecule has 2 fully saturated rings. The summed E-state index contributed by atoms with van der Waals surface area (Å²) < 4.78 is 70.5. The average molecular weight is 509 g/mol. The highest BCUT2D eigenvalue weighted by Crippen LogP contribution is 2.43. The maximum absolute atomic E-state index is 14.8. The van der Waals surface area contributed by atoms with Gasteiger partial charge in [0.2, 0.25) is 0 Å². The predicted octanol–water partition coefficient (Wildman–Crippen LogP) is 9.88. The van der Waals surface area contributed by atoms with Crippen molar-refractivity contribution in [2.24, 2.45) is 23.7 Å². The fraction of sp³-hybridized carbons (Fsp3) is 0.600. The lowest BCUT2D eigenvalue weighted by atomic mass is 9.68. The molecule has 0 spiro atoms. The smallest absolute Gasteiger partial charge is 0.406 e. The van der Waals surface area contributed by atoms with E-state index in [4.69, 9.17) is 0 Å². The van der Waals surface area contributed by atoms with E-state index in [2.05, 4.69) is 11.7 Å². The van der Waals surface area contributed by atoms with Crippen LogP contribution in [0, 0.1) is 35.3 Å². The summed E-state index contributed by atoms with van der Waals surface area (Å²) in [5, 5.41) is 0. The molecular formula is C30H37F5O. The van der Waals surface area contributed by atoms with Crippen LogP contribution in [0.5, 0.6) is 5.75 Å². The van der Waals surface area contributed by atoms with E-state index in [0.29, 0.717) is 17.9 Å². The quantitative estimate of drug-likeness (QED) is 0.322. The Bertz CT molecular complexity index is 945. The summed E-state index contributed by atoms with van der Waals surface area (Å²) in [6, 6.07) is 7.30. The number of rotatable bonds is 8. The van der Waals surface area contributed by atoms with Gasteiger partial charge in [0, 0.05) is 0 Å². The largest absolute Gasteiger partial charge is 0.573 e. The Labute approximate surface area is 211 Å². The molecule has 2 aromatic carbocycles. The number of halogens is 5. The summed E-state index contributed by atoms with van der Waals surface area (Å²) in [7, 11) is 0. The molecule has 4 rings (SSSR count). The SMILES string of the molecule is CCC[C@H]1CC[C@H](C2CCC(CCc3cc(F)c(-c4ccc(OC(F)(F)F)cc4)c(F)c3)CC2)CC1. The molecule has 0 radical (unpaired) electrons. The van der Waals surface area contributed by atoms with E-state index in [-0.39, 0.29) is 11.1 Å². The van der Waals surface area contributed by atoms with E-state index >= 15 is 0 Å². The minimum absolute atomic E-state index is 0.174. The topological polar surface area (TPSA) is 9.23 Å². The van der Waals surface area contributed by atoms with E-state index in [1.54, 1.807) is 0 Å². The summed E-state index contributed by atoms with van der Waals surface area (Å²) in [6.07, 6.45) is 9.97. The number of hydrogen-bond acceptors (Lipinski definition) is 1. The summed E-state index contributed by atoms with van der Waals surface area (Å²) in [5.41, 5.74) is 0.571. The fourth-order valence-electron chi connectivity index (χ4n) is 6.54. The van der Waals surface area contributed by atoms with E-state index in [9.17, 15) is 22.0 Å². The van der Waals surface area contributed by atoms with Gasteiger partial charge in [0.15, 0.2) is 0 Å². The highest BCUT2D eigenvalue weighted by Gasteiger charge is 2.32. The molecule has 2 saturated carbocycles. The lowest BCUT2D eigenvalue weighted by molar-refractivity contribution is -0.274. The van der Waals surface area contributed by atoms with Crippen molar-refractivity contribution in [2.45, 2.75) is 90.3 Å². The molecule has 0 atom stereocenters. The number of benzene rings is 2. The summed E-state index contributed by atoms with van der Waals surface area (Å²) >= 11 is 0. The van der Waals surface area contributed by atoms with Gasteiger partial charge in [-0.3, -0.25) is 0 Å². The Kier molecular flexibility index (Phi) is 8.95. The minimum atomic E-state index is -4.81. The lowest BCUT2D eigenvalue weighted by Crippen LogP contribution is -2.26. The van der Waals surface area contributed by atoms with Gasteiger partial charge < -0.3 is 4.74 Å². The zero-order valence-electron chi connectivity index (χ0n) is 21.1. The Hall–Kier alpha value is -2.11. The van der Waals surface area contributed by atoms with Crippen molar-refractivity contribution in [3.63, 3.8) is 0 Å². The van der Waals surface area contributed by atoms with Crippen LogP contribution in [0.15, 0.2) is 36.4 Å². The molecule has 1 nitrogen and oxygen atoms in total. The first-order chi connectivity index (χ1) is 17.2. The zero-order chi connectivity index (χ0) is 25.7. The second-order valence-corrected chi connectivity index (χ2v) is 10.9. The second-order valence-electron chi connectivity index (χ2n) is 10.9. The van der Waals surface area contributed by atoms with Crippen molar-refractivity contribution in [2.75, 3.05) is 0 Å². The Morgan fingerprint density at radius 2 is 1.25 bits per heavy atom. The molecule has 0 aliphatic heterocycles. The van der Waals surface area contributed by atoms with Gasteiger partial charge in [0.05, 0.1) is 5.56 Å². The van der Waals surface area contributed by atoms with Gasteiger partial charge in [-0.2, -0.15) is 0 Å². The summed E-state index contributed by atoms with van der Waals surface area (Å²) in [4.78, 5) is 0. The molecule has 0 unspecified atom stereocenters. The molecule has 0 N–H and O–H groups in total. The van der Waals surface area contributed by atoms with Gasteiger partial charge in [0.1, 0.15) is 17.4 Å². The lowest BCUT2D eigenvalue weighted by Gasteiger charge is -2.38. The van der Waals surface area contributed by atoms with Gasteiger partial charge in [-0.05, 0) is 97.6 Å². The van der Waals surface area contributed by atoms with Crippen LogP contribution >= 0.6 is 0 Å². The van der Waals surface area contributed by atoms with Crippen molar-refractivity contribution < 1.29 is 26.7 Å². The number of aryl methyl sites for hydroxylation is 1. The standard InChI is InChI=1S/C30H37F5O/c1-2-3-20-6-10-23(11-7-20)24-12-8-21(9-13-24)4-5-22-18-27(31)29(28(32)19-22)25-14-16-26(17-15-25)36-30(33,34)35/h14-21,23-24H,2-13H2,1H3/t20-,21?,23-,24?. The predicted molar refractivity (Wildman–Crippen MR) is 133 cm³/mol. The third kappa shape index (κ3) is 7.23. The first-order valence-corrected chi connectivity index (χ1v) is 13.6. The Balaban J connectivity index is 1.27. The fourth-order valence-corrected chi connectivity index (χ4v) is 6.54. The Morgan fingerprint density at radius 3 is 1.72 bits per heavy atom. The molecule has 198 valence electrons. The second kappa shape index (κ2) is 12.0. The van der Waals surface area contributed by atoms with Crippen LogP contribution < -0.4 is 4.74 Å². The molecule has 0 bridgehead atoms. The van der Waals surface area contributed by atoms with Crippen molar-refractivity contribution in [3.8, 4) is 16.9 Å². The van der Waals surface area contributed by atoms with Crippen LogP contribution in [-0.4, -0.2) is 6.36 Å². The van der Waals surface area contributed by atoms with E-state index in [0.717, 1.165) is 36.3 Å². The molecule has 0 amide bonds. The number of alkyl halides is 3. The van der Waals surface area contributed by atoms with Crippen molar-refractivity contribution >= 4 is 0 Å². The van der Waals surface area contributed by atoms with E-state index in [1.807, 2.05) is 0 Å². The highest BCUT2D eigenvalue weighted by atomic mass is 19.4. The zero-order valence-corrected chi connectivity index (χ0v) is 21.1. The number of ether oxygens (including phenoxy) is 1. The van der Waals surface area contributed by atoms with E-state index in [1.165, 1.54) is 88.5 Å². The monoisotopic (exact) mass is 508 g/mol. The van der Waals surface area contributed by atoms with Gasteiger partial charge in [0.25, 0.3) is 0 Å². The maximum atomic E-state index is 14.8. The van der Waals surface area contributed by atoms with Crippen LogP contribution in [0.25, 0.3) is 11.1 Å². The van der Waals surface area contributed by atoms with Gasteiger partial charge in [-0.25, -0.2) is 8.78 Å². The van der Waals surface area contributed by atoms with Gasteiger partial charge in [-0.15, -0.1) is 13.2 Å². The van der Waals surface area contributed by atoms with Crippen LogP contribution in [0.4, 0.5) is 22.0 Å². The third-order valence-corrected chi connectivity index (χ3v) is 8.47. The van der Waals surface area contributed by atoms with E-state index < -0.39 is 23.7 Å². The molecule has 2 aliphatic carbocycles. The third-order valence-electron chi connectivity index (χ3n) is 8.47. The molecule has 0 heterocycles. The highest BCUT2D eigenvalue weighted by molar-refractivity contribution is 5.66. The van der Waals surface area contributed by atoms with Crippen LogP contribution in [-0.2, 0) is 6.42 Å². The summed E-state index contributed by atoms with van der Waals surface area (Å²) in [6.45, 7) is 2.28. The maximum Gasteiger partial charge on any atom is 0.573 e. The first kappa shape index (κ1) is 26.9. The average Bonchev–Trinajstić information content (AvgIpc) is 2.84. The Morgan fingerprint density at radius 1 is 0.750 bits per heavy atom. The molecule has 2 aliphatic rings. The normalized spacial score (nSPS) is 25.1. The van der Waals surface area contributed by atoms with Crippen LogP contribution in [0.3, 0.4) is 0 Å². The van der Waals surface area contributed by atoms with Gasteiger partial charge in [-0.1, -0.05) is 57.6 Å². The molecule has 36 heavy (non-hydrogen) atoms. The molecule has 2 aromatic rings. The molecule has 6 heteroatoms. The number of hydrogen-bond donors (Lipinski definition) is 0. The molecular weight excluding hydrogens is 471 g/mol. The van der Waals surface area contributed by atoms with Crippen LogP contribution in [0.1, 0.15) is 83.1 Å².